The summed E-state index contributed by atoms with van der Waals surface area (Å²) >= 11 is 0. The first-order chi connectivity index (χ1) is 7.42. The van der Waals surface area contributed by atoms with E-state index in [9.17, 15) is 4.79 Å². The Bertz CT molecular complexity index is 371. The number of carbonyl (C=O) groups is 1. The van der Waals surface area contributed by atoms with Crippen LogP contribution < -0.4 is 0 Å². The minimum Gasteiger partial charge on any atom is -0.294 e. The van der Waals surface area contributed by atoms with Gasteiger partial charge in [-0.1, -0.05) is 31.6 Å². The van der Waals surface area contributed by atoms with Crippen molar-refractivity contribution >= 4 is 5.78 Å². The molecule has 2 aliphatic carbocycles. The van der Waals surface area contributed by atoms with Crippen molar-refractivity contribution in [3.8, 4) is 0 Å². The molecular weight excluding hydrogens is 196 g/mol. The van der Waals surface area contributed by atoms with Gasteiger partial charge in [-0.25, -0.2) is 0 Å². The minimum absolute atomic E-state index is 0.222. The third kappa shape index (κ3) is 1.88. The number of rotatable bonds is 0. The zero-order chi connectivity index (χ0) is 11.9. The maximum Gasteiger partial charge on any atom is 0.161 e. The Morgan fingerprint density at radius 3 is 2.69 bits per heavy atom. The molecule has 0 aromatic heterocycles. The fourth-order valence-electron chi connectivity index (χ4n) is 3.08. The van der Waals surface area contributed by atoms with Crippen molar-refractivity contribution in [1.29, 1.82) is 0 Å². The van der Waals surface area contributed by atoms with Gasteiger partial charge < -0.3 is 0 Å². The Kier molecular flexibility index (Phi) is 2.81. The first kappa shape index (κ1) is 11.6. The Labute approximate surface area is 98.6 Å². The highest BCUT2D eigenvalue weighted by molar-refractivity contribution is 5.97. The molecule has 0 amide bonds. The van der Waals surface area contributed by atoms with Crippen molar-refractivity contribution in [3.05, 3.63) is 23.3 Å². The average molecular weight is 218 g/mol. The molecule has 2 aliphatic rings. The molecule has 0 unspecified atom stereocenters. The van der Waals surface area contributed by atoms with Crippen LogP contribution in [0.4, 0.5) is 0 Å². The average Bonchev–Trinajstić information content (AvgIpc) is 2.31. The Hall–Kier alpha value is -0.850. The SMILES string of the molecule is CC1=C[C@@H]2[C@H](CC1)C(=O)C(C)=CCC2(C)C. The summed E-state index contributed by atoms with van der Waals surface area (Å²) in [4.78, 5) is 12.3. The molecule has 0 radical (unpaired) electrons. The molecule has 88 valence electrons. The third-order valence-electron chi connectivity index (χ3n) is 4.31. The van der Waals surface area contributed by atoms with Crippen LogP contribution in [0.3, 0.4) is 0 Å². The summed E-state index contributed by atoms with van der Waals surface area (Å²) in [7, 11) is 0. The van der Waals surface area contributed by atoms with Crippen molar-refractivity contribution < 1.29 is 4.79 Å². The minimum atomic E-state index is 0.222. The normalized spacial score (nSPS) is 33.6. The second-order valence-electron chi connectivity index (χ2n) is 6.13. The lowest BCUT2D eigenvalue weighted by atomic mass is 9.66. The van der Waals surface area contributed by atoms with Gasteiger partial charge in [-0.15, -0.1) is 0 Å². The molecule has 0 bridgehead atoms. The molecule has 0 saturated heterocycles. The molecule has 0 aromatic rings. The lowest BCUT2D eigenvalue weighted by molar-refractivity contribution is -0.121. The van der Waals surface area contributed by atoms with Crippen molar-refractivity contribution in [3.63, 3.8) is 0 Å². The second kappa shape index (κ2) is 3.87. The molecule has 0 spiro atoms. The van der Waals surface area contributed by atoms with Crippen molar-refractivity contribution in [2.75, 3.05) is 0 Å². The van der Waals surface area contributed by atoms with Gasteiger partial charge in [0, 0.05) is 5.92 Å². The van der Waals surface area contributed by atoms with E-state index in [2.05, 4.69) is 32.9 Å². The summed E-state index contributed by atoms with van der Waals surface area (Å²) in [6.45, 7) is 8.76. The zero-order valence-corrected chi connectivity index (χ0v) is 10.8. The first-order valence-corrected chi connectivity index (χ1v) is 6.30. The van der Waals surface area contributed by atoms with Gasteiger partial charge in [0.2, 0.25) is 0 Å². The zero-order valence-electron chi connectivity index (χ0n) is 10.8. The van der Waals surface area contributed by atoms with Gasteiger partial charge in [0.1, 0.15) is 0 Å². The van der Waals surface area contributed by atoms with Gasteiger partial charge in [-0.2, -0.15) is 0 Å². The van der Waals surface area contributed by atoms with Crippen LogP contribution >= 0.6 is 0 Å². The van der Waals surface area contributed by atoms with E-state index in [0.29, 0.717) is 11.7 Å². The maximum absolute atomic E-state index is 12.3. The van der Waals surface area contributed by atoms with Crippen LogP contribution in [0.25, 0.3) is 0 Å². The molecule has 0 aromatic carbocycles. The van der Waals surface area contributed by atoms with Crippen LogP contribution in [0.5, 0.6) is 0 Å². The molecule has 0 fully saturated rings. The smallest absolute Gasteiger partial charge is 0.161 e. The summed E-state index contributed by atoms with van der Waals surface area (Å²) in [6, 6.07) is 0. The lowest BCUT2D eigenvalue weighted by Gasteiger charge is -2.38. The van der Waals surface area contributed by atoms with E-state index in [1.54, 1.807) is 0 Å². The summed E-state index contributed by atoms with van der Waals surface area (Å²) < 4.78 is 0. The van der Waals surface area contributed by atoms with E-state index in [-0.39, 0.29) is 11.3 Å². The highest BCUT2D eigenvalue weighted by Gasteiger charge is 2.40. The largest absolute Gasteiger partial charge is 0.294 e. The van der Waals surface area contributed by atoms with E-state index in [1.165, 1.54) is 5.57 Å². The fourth-order valence-corrected chi connectivity index (χ4v) is 3.08. The predicted octanol–water partition coefficient (Wildman–Crippen LogP) is 3.90. The van der Waals surface area contributed by atoms with Crippen LogP contribution in [0.1, 0.15) is 47.0 Å². The highest BCUT2D eigenvalue weighted by atomic mass is 16.1. The van der Waals surface area contributed by atoms with E-state index in [4.69, 9.17) is 0 Å². The van der Waals surface area contributed by atoms with E-state index >= 15 is 0 Å². The van der Waals surface area contributed by atoms with Crippen molar-refractivity contribution in [2.45, 2.75) is 47.0 Å². The Morgan fingerprint density at radius 1 is 1.31 bits per heavy atom. The van der Waals surface area contributed by atoms with Crippen molar-refractivity contribution in [1.82, 2.24) is 0 Å². The van der Waals surface area contributed by atoms with Crippen LogP contribution in [0, 0.1) is 17.3 Å². The Balaban J connectivity index is 2.42. The third-order valence-corrected chi connectivity index (χ3v) is 4.31. The molecule has 0 aliphatic heterocycles. The standard InChI is InChI=1S/C15H22O/c1-10-5-6-12-13(9-10)15(3,4)8-7-11(2)14(12)16/h7,9,12-13H,5-6,8H2,1-4H3/t12-,13+/m0/s1. The summed E-state index contributed by atoms with van der Waals surface area (Å²) in [5, 5.41) is 0. The number of Topliss-reactive ketones (excluding diaryl/α,β-unsaturated/α-hetero) is 1. The van der Waals surface area contributed by atoms with Crippen LogP contribution in [-0.2, 0) is 4.79 Å². The van der Waals surface area contributed by atoms with Gasteiger partial charge in [-0.3, -0.25) is 4.79 Å². The summed E-state index contributed by atoms with van der Waals surface area (Å²) in [5.41, 5.74) is 2.66. The summed E-state index contributed by atoms with van der Waals surface area (Å²) in [6.07, 6.45) is 7.66. The lowest BCUT2D eigenvalue weighted by Crippen LogP contribution is -2.34. The van der Waals surface area contributed by atoms with Gasteiger partial charge in [0.05, 0.1) is 0 Å². The fraction of sp³-hybridized carbons (Fsp3) is 0.667. The van der Waals surface area contributed by atoms with E-state index in [0.717, 1.165) is 24.8 Å². The van der Waals surface area contributed by atoms with Gasteiger partial charge in [0.25, 0.3) is 0 Å². The van der Waals surface area contributed by atoms with E-state index < -0.39 is 0 Å². The number of hydrogen-bond acceptors (Lipinski definition) is 1. The monoisotopic (exact) mass is 218 g/mol. The number of fused-ring (bicyclic) bond motifs is 1. The molecule has 2 rings (SSSR count). The van der Waals surface area contributed by atoms with Crippen LogP contribution in [-0.4, -0.2) is 5.78 Å². The van der Waals surface area contributed by atoms with Crippen molar-refractivity contribution in [2.24, 2.45) is 17.3 Å². The number of allylic oxidation sites excluding steroid dienone is 4. The molecule has 1 heteroatoms. The topological polar surface area (TPSA) is 17.1 Å². The van der Waals surface area contributed by atoms with Crippen LogP contribution in [0.15, 0.2) is 23.3 Å². The second-order valence-corrected chi connectivity index (χ2v) is 6.13. The molecular formula is C15H22O. The highest BCUT2D eigenvalue weighted by Crippen LogP contribution is 2.46. The molecule has 0 N–H and O–H groups in total. The molecule has 2 atom stereocenters. The molecule has 1 nitrogen and oxygen atoms in total. The first-order valence-electron chi connectivity index (χ1n) is 6.30. The molecule has 0 heterocycles. The number of hydrogen-bond donors (Lipinski definition) is 0. The van der Waals surface area contributed by atoms with Crippen LogP contribution in [0.2, 0.25) is 0 Å². The van der Waals surface area contributed by atoms with E-state index in [1.807, 2.05) is 6.92 Å². The Morgan fingerprint density at radius 2 is 2.00 bits per heavy atom. The maximum atomic E-state index is 12.3. The number of ketones is 1. The predicted molar refractivity (Wildman–Crippen MR) is 67.1 cm³/mol. The molecule has 0 saturated carbocycles. The van der Waals surface area contributed by atoms with Gasteiger partial charge in [-0.05, 0) is 50.0 Å². The van der Waals surface area contributed by atoms with Gasteiger partial charge in [0.15, 0.2) is 5.78 Å². The summed E-state index contributed by atoms with van der Waals surface area (Å²) in [5.74, 6) is 1.05. The number of carbonyl (C=O) groups excluding carboxylic acids is 1. The quantitative estimate of drug-likeness (QED) is 0.563. The van der Waals surface area contributed by atoms with Gasteiger partial charge >= 0.3 is 0 Å². The molecule has 16 heavy (non-hydrogen) atoms.